The van der Waals surface area contributed by atoms with Crippen molar-refractivity contribution in [2.75, 3.05) is 0 Å². The average Bonchev–Trinajstić information content (AvgIpc) is 2.20. The summed E-state index contributed by atoms with van der Waals surface area (Å²) in [6.07, 6.45) is 14.8. The molecule has 1 amide bonds. The minimum absolute atomic E-state index is 0.245. The first-order chi connectivity index (χ1) is 7.27. The smallest absolute Gasteiger partial charge is 0.221 e. The topological polar surface area (TPSA) is 43.1 Å². The van der Waals surface area contributed by atoms with Crippen LogP contribution in [0.2, 0.25) is 0 Å². The summed E-state index contributed by atoms with van der Waals surface area (Å²) in [5.41, 5.74) is 5.01. The quantitative estimate of drug-likeness (QED) is 0.436. The monoisotopic (exact) mass is 211 g/mol. The highest BCUT2D eigenvalue weighted by Crippen LogP contribution is 2.08. The molecule has 88 valence electrons. The third-order valence-corrected chi connectivity index (χ3v) is 2.46. The van der Waals surface area contributed by atoms with Crippen LogP contribution in [-0.2, 0) is 4.79 Å². The number of rotatable bonds is 10. The maximum Gasteiger partial charge on any atom is 0.221 e. The predicted octanol–water partition coefficient (Wildman–Crippen LogP) is 3.56. The fraction of sp³-hybridized carbons (Fsp3) is 0.769. The lowest BCUT2D eigenvalue weighted by molar-refractivity contribution is -0.117. The second-order valence-electron chi connectivity index (χ2n) is 4.05. The van der Waals surface area contributed by atoms with Gasteiger partial charge in [-0.2, -0.15) is 0 Å². The van der Waals surface area contributed by atoms with Gasteiger partial charge >= 0.3 is 0 Å². The number of allylic oxidation sites excluding steroid dienone is 1. The van der Waals surface area contributed by atoms with E-state index >= 15 is 0 Å². The molecule has 0 radical (unpaired) electrons. The molecule has 0 aromatic heterocycles. The summed E-state index contributed by atoms with van der Waals surface area (Å²) >= 11 is 0. The van der Waals surface area contributed by atoms with Crippen LogP contribution >= 0.6 is 0 Å². The van der Waals surface area contributed by atoms with E-state index in [2.05, 4.69) is 13.0 Å². The molecule has 0 aliphatic carbocycles. The van der Waals surface area contributed by atoms with Gasteiger partial charge in [-0.3, -0.25) is 4.79 Å². The van der Waals surface area contributed by atoms with Gasteiger partial charge in [-0.05, 0) is 12.8 Å². The van der Waals surface area contributed by atoms with E-state index in [0.717, 1.165) is 6.42 Å². The molecule has 0 unspecified atom stereocenters. The van der Waals surface area contributed by atoms with E-state index in [4.69, 9.17) is 5.73 Å². The molecule has 0 spiro atoms. The zero-order chi connectivity index (χ0) is 11.4. The highest BCUT2D eigenvalue weighted by molar-refractivity contribution is 5.75. The van der Waals surface area contributed by atoms with Crippen LogP contribution in [0.4, 0.5) is 0 Å². The molecular formula is C13H25NO. The molecule has 2 heteroatoms. The van der Waals surface area contributed by atoms with Gasteiger partial charge in [0.1, 0.15) is 0 Å². The summed E-state index contributed by atoms with van der Waals surface area (Å²) in [6.45, 7) is 2.24. The van der Waals surface area contributed by atoms with Crippen molar-refractivity contribution in [1.29, 1.82) is 0 Å². The summed E-state index contributed by atoms with van der Waals surface area (Å²) in [7, 11) is 0. The van der Waals surface area contributed by atoms with Gasteiger partial charge in [0.2, 0.25) is 5.91 Å². The first kappa shape index (κ1) is 14.2. The number of amides is 1. The van der Waals surface area contributed by atoms with Gasteiger partial charge < -0.3 is 5.73 Å². The Morgan fingerprint density at radius 3 is 2.20 bits per heavy atom. The minimum atomic E-state index is -0.245. The first-order valence-electron chi connectivity index (χ1n) is 6.20. The highest BCUT2D eigenvalue weighted by atomic mass is 16.1. The standard InChI is InChI=1S/C13H25NO/c1-2-3-4-5-6-7-8-9-10-11-12-13(14)15/h10-11H,2-9,12H2,1H3,(H2,14,15). The number of carbonyl (C=O) groups is 1. The van der Waals surface area contributed by atoms with Gasteiger partial charge in [-0.15, -0.1) is 0 Å². The molecule has 0 aromatic rings. The molecule has 2 N–H and O–H groups in total. The van der Waals surface area contributed by atoms with E-state index in [-0.39, 0.29) is 5.91 Å². The SMILES string of the molecule is CCCCCCCCCC=CCC(N)=O. The number of hydrogen-bond donors (Lipinski definition) is 1. The lowest BCUT2D eigenvalue weighted by atomic mass is 10.1. The van der Waals surface area contributed by atoms with E-state index in [0.29, 0.717) is 6.42 Å². The maximum atomic E-state index is 10.4. The van der Waals surface area contributed by atoms with E-state index in [1.165, 1.54) is 44.9 Å². The third kappa shape index (κ3) is 13.2. The Kier molecular flexibility index (Phi) is 10.7. The lowest BCUT2D eigenvalue weighted by Gasteiger charge is -1.98. The third-order valence-electron chi connectivity index (χ3n) is 2.46. The Balaban J connectivity index is 3.04. The second kappa shape index (κ2) is 11.3. The van der Waals surface area contributed by atoms with Crippen LogP contribution in [0.3, 0.4) is 0 Å². The molecule has 0 aromatic carbocycles. The molecule has 0 bridgehead atoms. The first-order valence-corrected chi connectivity index (χ1v) is 6.20. The Bertz CT molecular complexity index is 175. The Labute approximate surface area is 93.9 Å². The summed E-state index contributed by atoms with van der Waals surface area (Å²) in [6, 6.07) is 0. The molecule has 0 saturated heterocycles. The van der Waals surface area contributed by atoms with Crippen molar-refractivity contribution in [3.8, 4) is 0 Å². The van der Waals surface area contributed by atoms with E-state index in [1.807, 2.05) is 6.08 Å². The van der Waals surface area contributed by atoms with E-state index in [1.54, 1.807) is 0 Å². The van der Waals surface area contributed by atoms with Crippen LogP contribution in [0.15, 0.2) is 12.2 Å². The number of unbranched alkanes of at least 4 members (excludes halogenated alkanes) is 7. The van der Waals surface area contributed by atoms with E-state index in [9.17, 15) is 4.79 Å². The van der Waals surface area contributed by atoms with Crippen molar-refractivity contribution < 1.29 is 4.79 Å². The van der Waals surface area contributed by atoms with Crippen LogP contribution in [0.1, 0.15) is 64.7 Å². The second-order valence-corrected chi connectivity index (χ2v) is 4.05. The van der Waals surface area contributed by atoms with E-state index < -0.39 is 0 Å². The fourth-order valence-corrected chi connectivity index (χ4v) is 1.54. The Hall–Kier alpha value is -0.790. The number of carbonyl (C=O) groups excluding carboxylic acids is 1. The van der Waals surface area contributed by atoms with Crippen molar-refractivity contribution in [2.45, 2.75) is 64.7 Å². The summed E-state index contributed by atoms with van der Waals surface area (Å²) in [4.78, 5) is 10.4. The maximum absolute atomic E-state index is 10.4. The van der Waals surface area contributed by atoms with Crippen LogP contribution in [0.5, 0.6) is 0 Å². The van der Waals surface area contributed by atoms with Gasteiger partial charge in [0.15, 0.2) is 0 Å². The van der Waals surface area contributed by atoms with Gasteiger partial charge in [0.25, 0.3) is 0 Å². The Morgan fingerprint density at radius 2 is 1.60 bits per heavy atom. The van der Waals surface area contributed by atoms with Crippen LogP contribution in [0, 0.1) is 0 Å². The van der Waals surface area contributed by atoms with Gasteiger partial charge in [-0.25, -0.2) is 0 Å². The van der Waals surface area contributed by atoms with Crippen LogP contribution < -0.4 is 5.73 Å². The number of primary amides is 1. The Morgan fingerprint density at radius 1 is 1.00 bits per heavy atom. The van der Waals surface area contributed by atoms with Crippen molar-refractivity contribution in [3.05, 3.63) is 12.2 Å². The molecule has 2 nitrogen and oxygen atoms in total. The number of nitrogens with two attached hydrogens (primary N) is 1. The van der Waals surface area contributed by atoms with Crippen molar-refractivity contribution in [3.63, 3.8) is 0 Å². The van der Waals surface area contributed by atoms with Crippen LogP contribution in [-0.4, -0.2) is 5.91 Å². The summed E-state index contributed by atoms with van der Waals surface area (Å²) in [5.74, 6) is -0.245. The van der Waals surface area contributed by atoms with Gasteiger partial charge in [-0.1, -0.05) is 57.6 Å². The fourth-order valence-electron chi connectivity index (χ4n) is 1.54. The normalized spacial score (nSPS) is 11.0. The summed E-state index contributed by atoms with van der Waals surface area (Å²) in [5, 5.41) is 0. The van der Waals surface area contributed by atoms with Crippen molar-refractivity contribution in [1.82, 2.24) is 0 Å². The largest absolute Gasteiger partial charge is 0.369 e. The molecule has 0 atom stereocenters. The molecular weight excluding hydrogens is 186 g/mol. The summed E-state index contributed by atoms with van der Waals surface area (Å²) < 4.78 is 0. The molecule has 0 rings (SSSR count). The number of hydrogen-bond acceptors (Lipinski definition) is 1. The molecule has 0 fully saturated rings. The van der Waals surface area contributed by atoms with Crippen molar-refractivity contribution in [2.24, 2.45) is 5.73 Å². The zero-order valence-electron chi connectivity index (χ0n) is 10.0. The molecule has 0 aliphatic heterocycles. The molecule has 0 saturated carbocycles. The van der Waals surface area contributed by atoms with Gasteiger partial charge in [0, 0.05) is 6.42 Å². The zero-order valence-corrected chi connectivity index (χ0v) is 10.0. The minimum Gasteiger partial charge on any atom is -0.369 e. The van der Waals surface area contributed by atoms with Gasteiger partial charge in [0.05, 0.1) is 0 Å². The average molecular weight is 211 g/mol. The molecule has 0 aliphatic rings. The molecule has 0 heterocycles. The predicted molar refractivity (Wildman–Crippen MR) is 65.6 cm³/mol. The van der Waals surface area contributed by atoms with Crippen molar-refractivity contribution >= 4 is 5.91 Å². The molecule has 15 heavy (non-hydrogen) atoms. The lowest BCUT2D eigenvalue weighted by Crippen LogP contribution is -2.07. The highest BCUT2D eigenvalue weighted by Gasteiger charge is 1.90. The van der Waals surface area contributed by atoms with Crippen LogP contribution in [0.25, 0.3) is 0 Å².